The average Bonchev–Trinajstić information content (AvgIpc) is 3.64. The molecule has 0 radical (unpaired) electrons. The number of hydrogen-bond donors (Lipinski definition) is 0. The first-order chi connectivity index (χ1) is 22.5. The normalized spacial score (nSPS) is 10.7. The molecule has 6 rings (SSSR count). The Morgan fingerprint density at radius 1 is 0.500 bits per heavy atom. The van der Waals surface area contributed by atoms with E-state index in [-0.39, 0.29) is 51.0 Å². The third-order valence-corrected chi connectivity index (χ3v) is 8.69. The van der Waals surface area contributed by atoms with E-state index in [4.69, 9.17) is 0 Å². The van der Waals surface area contributed by atoms with E-state index in [0.717, 1.165) is 19.3 Å². The van der Waals surface area contributed by atoms with E-state index in [1.54, 1.807) is 0 Å². The summed E-state index contributed by atoms with van der Waals surface area (Å²) in [6.45, 7) is 24.8. The fraction of sp³-hybridized carbons (Fsp3) is 0.319. The van der Waals surface area contributed by atoms with Gasteiger partial charge in [0.25, 0.3) is 0 Å². The number of benzene rings is 4. The molecule has 0 atom stereocenters. The summed E-state index contributed by atoms with van der Waals surface area (Å²) in [6.07, 6.45) is 3.06. The van der Waals surface area contributed by atoms with Crippen molar-refractivity contribution in [1.82, 2.24) is 0 Å². The van der Waals surface area contributed by atoms with Crippen LogP contribution in [-0.4, -0.2) is 0 Å². The predicted molar refractivity (Wildman–Crippen MR) is 211 cm³/mol. The second-order valence-corrected chi connectivity index (χ2v) is 14.4. The van der Waals surface area contributed by atoms with E-state index < -0.39 is 0 Å². The van der Waals surface area contributed by atoms with Gasteiger partial charge in [-0.3, -0.25) is 0 Å². The van der Waals surface area contributed by atoms with Crippen molar-refractivity contribution in [2.24, 2.45) is 11.8 Å². The van der Waals surface area contributed by atoms with Gasteiger partial charge >= 0.3 is 26.2 Å². The smallest absolute Gasteiger partial charge is 1.00 e. The van der Waals surface area contributed by atoms with Crippen LogP contribution in [0.3, 0.4) is 0 Å². The van der Waals surface area contributed by atoms with Crippen LogP contribution in [-0.2, 0) is 39.0 Å². The van der Waals surface area contributed by atoms with Gasteiger partial charge in [0.2, 0.25) is 0 Å². The molecule has 0 unspecified atom stereocenters. The first-order valence-electron chi connectivity index (χ1n) is 17.7. The molecule has 0 aliphatic rings. The Morgan fingerprint density at radius 3 is 1.10 bits per heavy atom. The topological polar surface area (TPSA) is 0 Å². The van der Waals surface area contributed by atoms with Crippen molar-refractivity contribution >= 4 is 21.5 Å². The summed E-state index contributed by atoms with van der Waals surface area (Å²) in [5, 5.41) is 5.49. The number of fused-ring (bicyclic) bond motifs is 2. The van der Waals surface area contributed by atoms with Crippen LogP contribution in [0.2, 0.25) is 0 Å². The summed E-state index contributed by atoms with van der Waals surface area (Å²) in [5.41, 5.74) is 11.0. The van der Waals surface area contributed by atoms with Crippen LogP contribution in [0, 0.1) is 25.7 Å². The first-order valence-corrected chi connectivity index (χ1v) is 17.7. The summed E-state index contributed by atoms with van der Waals surface area (Å²) in [4.78, 5) is 0. The van der Waals surface area contributed by atoms with Crippen LogP contribution in [0.5, 0.6) is 0 Å². The van der Waals surface area contributed by atoms with Gasteiger partial charge in [-0.25, -0.2) is 0 Å². The zero-order chi connectivity index (χ0) is 34.1. The second-order valence-electron chi connectivity index (χ2n) is 14.4. The van der Waals surface area contributed by atoms with E-state index >= 15 is 0 Å². The summed E-state index contributed by atoms with van der Waals surface area (Å²) in [7, 11) is 0. The van der Waals surface area contributed by atoms with Crippen LogP contribution >= 0.6 is 0 Å². The molecule has 0 saturated heterocycles. The van der Waals surface area contributed by atoms with Gasteiger partial charge in [-0.15, -0.1) is 69.1 Å². The van der Waals surface area contributed by atoms with E-state index in [2.05, 4.69) is 178 Å². The summed E-state index contributed by atoms with van der Waals surface area (Å²) in [6, 6.07) is 40.8. The molecule has 0 nitrogen and oxygen atoms in total. The van der Waals surface area contributed by atoms with Gasteiger partial charge in [-0.1, -0.05) is 127 Å². The van der Waals surface area contributed by atoms with Crippen molar-refractivity contribution in [3.05, 3.63) is 145 Å². The van der Waals surface area contributed by atoms with Gasteiger partial charge in [-0.05, 0) is 58.8 Å². The van der Waals surface area contributed by atoms with Gasteiger partial charge in [0.1, 0.15) is 0 Å². The minimum Gasteiger partial charge on any atom is -1.00 e. The number of hydrogen-bond acceptors (Lipinski definition) is 0. The average molecular weight is 783 g/mol. The largest absolute Gasteiger partial charge is 2.00 e. The van der Waals surface area contributed by atoms with Gasteiger partial charge in [0.15, 0.2) is 0 Å². The molecular weight excluding hydrogens is 727 g/mol. The standard InChI is InChI=1S/2C22H25.C3H6.2ClH.Zr/c2*1-15(2)12-17-13-20-6-5-7-21(22(20)14-17)19-10-8-18(9-11-19)16(3)4;1-3-2;;;/h2*5-11,13-16H,12H2,1-4H3;1-3H2;2*1H;/q2*-1;-2;;;+2/p-2. The Morgan fingerprint density at radius 2 is 0.820 bits per heavy atom. The fourth-order valence-corrected chi connectivity index (χ4v) is 6.37. The minimum atomic E-state index is 0. The van der Waals surface area contributed by atoms with Gasteiger partial charge < -0.3 is 45.1 Å². The van der Waals surface area contributed by atoms with Crippen molar-refractivity contribution in [2.75, 3.05) is 0 Å². The van der Waals surface area contributed by atoms with Crippen molar-refractivity contribution in [3.8, 4) is 22.3 Å². The predicted octanol–water partition coefficient (Wildman–Crippen LogP) is 8.15. The van der Waals surface area contributed by atoms with Gasteiger partial charge in [0.05, 0.1) is 0 Å². The minimum absolute atomic E-state index is 0. The van der Waals surface area contributed by atoms with Crippen molar-refractivity contribution in [1.29, 1.82) is 0 Å². The Labute approximate surface area is 336 Å². The molecule has 0 heterocycles. The third-order valence-electron chi connectivity index (χ3n) is 8.69. The molecule has 0 N–H and O–H groups in total. The van der Waals surface area contributed by atoms with Crippen molar-refractivity contribution < 1.29 is 51.0 Å². The number of halogens is 2. The molecule has 0 bridgehead atoms. The van der Waals surface area contributed by atoms with Crippen molar-refractivity contribution in [2.45, 2.75) is 86.5 Å². The van der Waals surface area contributed by atoms with Crippen LogP contribution in [0.4, 0.5) is 0 Å². The summed E-state index contributed by atoms with van der Waals surface area (Å²) < 4.78 is 0. The Balaban J connectivity index is 0.000000439. The third kappa shape index (κ3) is 12.4. The Kier molecular flexibility index (Phi) is 19.9. The molecule has 6 aromatic carbocycles. The number of rotatable bonds is 8. The van der Waals surface area contributed by atoms with Crippen LogP contribution in [0.15, 0.2) is 109 Å². The first kappa shape index (κ1) is 45.6. The van der Waals surface area contributed by atoms with E-state index in [0.29, 0.717) is 23.7 Å². The van der Waals surface area contributed by atoms with Crippen molar-refractivity contribution in [3.63, 3.8) is 0 Å². The SMILES string of the molecule is CC(C)Cc1cc2c(-c3ccc(C(C)C)cc3)cccc2[cH-]1.CC(C)Cc1cc2c(-c3ccc(C(C)C)cc3)cccc2[cH-]1.[CH2-]C[CH2-].[Cl-].[Cl-].[Zr+2]. The molecule has 0 amide bonds. The second kappa shape index (κ2) is 21.8. The van der Waals surface area contributed by atoms with Gasteiger partial charge in [-0.2, -0.15) is 12.1 Å². The fourth-order valence-electron chi connectivity index (χ4n) is 6.37. The quantitative estimate of drug-likeness (QED) is 0.137. The summed E-state index contributed by atoms with van der Waals surface area (Å²) in [5.74, 6) is 2.57. The maximum absolute atomic E-state index is 3.38. The molecule has 3 heteroatoms. The maximum atomic E-state index is 3.38. The molecule has 0 aliphatic carbocycles. The molecular formula is C47H56Cl2Zr-4. The summed E-state index contributed by atoms with van der Waals surface area (Å²) >= 11 is 0. The van der Waals surface area contributed by atoms with E-state index in [1.165, 1.54) is 66.1 Å². The Bertz CT molecular complexity index is 1680. The van der Waals surface area contributed by atoms with Crippen LogP contribution in [0.1, 0.15) is 95.9 Å². The zero-order valence-electron chi connectivity index (χ0n) is 31.5. The molecule has 50 heavy (non-hydrogen) atoms. The molecule has 0 fully saturated rings. The molecule has 0 saturated carbocycles. The Hall–Kier alpha value is -2.44. The van der Waals surface area contributed by atoms with Crippen LogP contribution in [0.25, 0.3) is 43.8 Å². The zero-order valence-corrected chi connectivity index (χ0v) is 35.5. The maximum Gasteiger partial charge on any atom is 2.00 e. The van der Waals surface area contributed by atoms with E-state index in [1.807, 2.05) is 0 Å². The molecule has 0 aromatic heterocycles. The van der Waals surface area contributed by atoms with Gasteiger partial charge in [0, 0.05) is 0 Å². The van der Waals surface area contributed by atoms with E-state index in [9.17, 15) is 0 Å². The van der Waals surface area contributed by atoms with Crippen LogP contribution < -0.4 is 24.8 Å². The molecule has 0 aliphatic heterocycles. The monoisotopic (exact) mass is 780 g/mol. The molecule has 6 aromatic rings. The molecule has 0 spiro atoms. The molecule has 266 valence electrons.